The minimum absolute atomic E-state index is 0.114. The van der Waals surface area contributed by atoms with Gasteiger partial charge in [-0.25, -0.2) is 5.90 Å². The van der Waals surface area contributed by atoms with Crippen LogP contribution in [0.4, 0.5) is 13.2 Å². The first kappa shape index (κ1) is 11.8. The number of halogens is 3. The zero-order valence-electron chi connectivity index (χ0n) is 8.25. The van der Waals surface area contributed by atoms with Crippen molar-refractivity contribution in [3.05, 3.63) is 29.3 Å². The first-order valence-electron chi connectivity index (χ1n) is 4.69. The van der Waals surface area contributed by atoms with Crippen LogP contribution in [-0.4, -0.2) is 11.9 Å². The second kappa shape index (κ2) is 4.27. The van der Waals surface area contributed by atoms with E-state index in [4.69, 9.17) is 5.90 Å². The Morgan fingerprint density at radius 1 is 1.44 bits per heavy atom. The van der Waals surface area contributed by atoms with Crippen LogP contribution in [0.25, 0.3) is 0 Å². The molecule has 6 heteroatoms. The first-order chi connectivity index (χ1) is 7.50. The van der Waals surface area contributed by atoms with Crippen molar-refractivity contribution in [1.29, 1.82) is 0 Å². The monoisotopic (exact) mass is 249 g/mol. The smallest absolute Gasteiger partial charge is 0.303 e. The molecule has 1 atom stereocenters. The second-order valence-electron chi connectivity index (χ2n) is 3.60. The summed E-state index contributed by atoms with van der Waals surface area (Å²) >= 11 is 1.51. The third-order valence-corrected chi connectivity index (χ3v) is 3.70. The number of nitrogens with two attached hydrogens (primary N) is 1. The van der Waals surface area contributed by atoms with E-state index >= 15 is 0 Å². The van der Waals surface area contributed by atoms with Crippen LogP contribution in [0.15, 0.2) is 23.1 Å². The van der Waals surface area contributed by atoms with Gasteiger partial charge in [0, 0.05) is 10.1 Å². The van der Waals surface area contributed by atoms with Gasteiger partial charge in [0.1, 0.15) is 0 Å². The van der Waals surface area contributed by atoms with Crippen LogP contribution in [0.3, 0.4) is 0 Å². The molecule has 0 amide bonds. The third kappa shape index (κ3) is 2.34. The van der Waals surface area contributed by atoms with Gasteiger partial charge in [-0.05, 0) is 30.2 Å². The average Bonchev–Trinajstić information content (AvgIpc) is 2.57. The van der Waals surface area contributed by atoms with Crippen LogP contribution < -0.4 is 5.90 Å². The lowest BCUT2D eigenvalue weighted by molar-refractivity contribution is -0.137. The van der Waals surface area contributed by atoms with Gasteiger partial charge in [0.25, 0.3) is 0 Å². The van der Waals surface area contributed by atoms with Crippen molar-refractivity contribution in [3.8, 4) is 0 Å². The maximum Gasteiger partial charge on any atom is 0.416 e. The van der Waals surface area contributed by atoms with E-state index in [-0.39, 0.29) is 5.25 Å². The highest BCUT2D eigenvalue weighted by atomic mass is 32.2. The molecule has 0 aromatic heterocycles. The van der Waals surface area contributed by atoms with Crippen molar-refractivity contribution >= 4 is 11.8 Å². The molecule has 0 bridgehead atoms. The summed E-state index contributed by atoms with van der Waals surface area (Å²) in [5, 5.41) is 0.114. The Kier molecular flexibility index (Phi) is 3.14. The summed E-state index contributed by atoms with van der Waals surface area (Å²) in [5.74, 6) is 4.95. The topological polar surface area (TPSA) is 35.2 Å². The summed E-state index contributed by atoms with van der Waals surface area (Å²) in [4.78, 5) is 5.40. The first-order valence-corrected chi connectivity index (χ1v) is 5.57. The lowest BCUT2D eigenvalue weighted by Gasteiger charge is -2.07. The summed E-state index contributed by atoms with van der Waals surface area (Å²) in [5.41, 5.74) is 0.128. The molecule has 0 aliphatic carbocycles. The fourth-order valence-corrected chi connectivity index (χ4v) is 2.91. The van der Waals surface area contributed by atoms with E-state index in [1.165, 1.54) is 23.9 Å². The van der Waals surface area contributed by atoms with Gasteiger partial charge in [0.15, 0.2) is 0 Å². The molecular formula is C10H10F3NOS. The molecular weight excluding hydrogens is 239 g/mol. The maximum absolute atomic E-state index is 12.5. The standard InChI is InChI=1S/C10H10F3NOS/c11-10(12,13)7-1-2-9-6(3-7)4-8(16-9)5-15-14/h1-3,8H,4-5,14H2. The minimum Gasteiger partial charge on any atom is -0.303 e. The number of benzene rings is 1. The lowest BCUT2D eigenvalue weighted by Crippen LogP contribution is -2.14. The molecule has 16 heavy (non-hydrogen) atoms. The highest BCUT2D eigenvalue weighted by Crippen LogP contribution is 2.40. The van der Waals surface area contributed by atoms with Crippen molar-refractivity contribution in [2.24, 2.45) is 5.90 Å². The van der Waals surface area contributed by atoms with Crippen LogP contribution >= 0.6 is 11.8 Å². The number of fused-ring (bicyclic) bond motifs is 1. The molecule has 1 aromatic rings. The van der Waals surface area contributed by atoms with Crippen molar-refractivity contribution < 1.29 is 18.0 Å². The van der Waals surface area contributed by atoms with E-state index < -0.39 is 11.7 Å². The van der Waals surface area contributed by atoms with Crippen LogP contribution in [0, 0.1) is 0 Å². The lowest BCUT2D eigenvalue weighted by atomic mass is 10.1. The normalized spacial score (nSPS) is 19.9. The molecule has 1 aliphatic heterocycles. The van der Waals surface area contributed by atoms with Crippen molar-refractivity contribution in [1.82, 2.24) is 0 Å². The Bertz CT molecular complexity index is 394. The summed E-state index contributed by atoms with van der Waals surface area (Å²) < 4.78 is 37.4. The molecule has 2 rings (SSSR count). The molecule has 1 aliphatic rings. The van der Waals surface area contributed by atoms with Crippen LogP contribution in [0.1, 0.15) is 11.1 Å². The van der Waals surface area contributed by atoms with E-state index in [1.807, 2.05) is 0 Å². The van der Waals surface area contributed by atoms with Gasteiger partial charge in [-0.2, -0.15) is 13.2 Å². The summed E-state index contributed by atoms with van der Waals surface area (Å²) in [6.45, 7) is 0.348. The van der Waals surface area contributed by atoms with Crippen molar-refractivity contribution in [3.63, 3.8) is 0 Å². The predicted octanol–water partition coefficient (Wildman–Crippen LogP) is 2.61. The van der Waals surface area contributed by atoms with E-state index in [0.717, 1.165) is 16.5 Å². The molecule has 0 saturated heterocycles. The van der Waals surface area contributed by atoms with Crippen LogP contribution in [0.5, 0.6) is 0 Å². The fourth-order valence-electron chi connectivity index (χ4n) is 1.70. The molecule has 0 spiro atoms. The Morgan fingerprint density at radius 3 is 2.81 bits per heavy atom. The summed E-state index contributed by atoms with van der Waals surface area (Å²) in [7, 11) is 0. The Hall–Kier alpha value is -0.720. The van der Waals surface area contributed by atoms with Gasteiger partial charge in [-0.15, -0.1) is 11.8 Å². The van der Waals surface area contributed by atoms with E-state index in [9.17, 15) is 13.2 Å². The third-order valence-electron chi connectivity index (χ3n) is 2.41. The molecule has 2 nitrogen and oxygen atoms in total. The summed E-state index contributed by atoms with van der Waals surface area (Å²) in [6, 6.07) is 3.83. The molecule has 1 heterocycles. The zero-order chi connectivity index (χ0) is 11.8. The molecule has 0 fully saturated rings. The van der Waals surface area contributed by atoms with Crippen molar-refractivity contribution in [2.45, 2.75) is 22.7 Å². The van der Waals surface area contributed by atoms with E-state index in [1.54, 1.807) is 0 Å². The predicted molar refractivity (Wildman–Crippen MR) is 54.9 cm³/mol. The number of alkyl halides is 3. The fraction of sp³-hybridized carbons (Fsp3) is 0.400. The molecule has 0 saturated carbocycles. The van der Waals surface area contributed by atoms with Crippen LogP contribution in [-0.2, 0) is 17.4 Å². The number of hydrogen-bond donors (Lipinski definition) is 1. The van der Waals surface area contributed by atoms with Gasteiger partial charge < -0.3 is 4.84 Å². The number of thioether (sulfide) groups is 1. The quantitative estimate of drug-likeness (QED) is 0.818. The van der Waals surface area contributed by atoms with Gasteiger partial charge in [0.2, 0.25) is 0 Å². The van der Waals surface area contributed by atoms with Gasteiger partial charge in [-0.3, -0.25) is 0 Å². The zero-order valence-corrected chi connectivity index (χ0v) is 9.07. The van der Waals surface area contributed by atoms with Gasteiger partial charge in [-0.1, -0.05) is 0 Å². The minimum atomic E-state index is -4.28. The van der Waals surface area contributed by atoms with Gasteiger partial charge >= 0.3 is 6.18 Å². The molecule has 1 aromatic carbocycles. The molecule has 1 unspecified atom stereocenters. The second-order valence-corrected chi connectivity index (χ2v) is 4.94. The molecule has 88 valence electrons. The van der Waals surface area contributed by atoms with Crippen molar-refractivity contribution in [2.75, 3.05) is 6.61 Å². The molecule has 0 radical (unpaired) electrons. The Morgan fingerprint density at radius 2 is 2.19 bits per heavy atom. The highest BCUT2D eigenvalue weighted by Gasteiger charge is 2.32. The van der Waals surface area contributed by atoms with Gasteiger partial charge in [0.05, 0.1) is 12.2 Å². The molecule has 2 N–H and O–H groups in total. The highest BCUT2D eigenvalue weighted by molar-refractivity contribution is 8.00. The van der Waals surface area contributed by atoms with Crippen LogP contribution in [0.2, 0.25) is 0 Å². The SMILES string of the molecule is NOCC1Cc2cc(C(F)(F)F)ccc2S1. The summed E-state index contributed by atoms with van der Waals surface area (Å²) in [6.07, 6.45) is -3.71. The maximum atomic E-state index is 12.5. The van der Waals surface area contributed by atoms with E-state index in [2.05, 4.69) is 4.84 Å². The largest absolute Gasteiger partial charge is 0.416 e. The Balaban J connectivity index is 2.21. The van der Waals surface area contributed by atoms with E-state index in [0.29, 0.717) is 13.0 Å². The number of rotatable bonds is 2. The Labute approximate surface area is 94.9 Å². The number of hydrogen-bond acceptors (Lipinski definition) is 3. The average molecular weight is 249 g/mol.